The van der Waals surface area contributed by atoms with Gasteiger partial charge in [-0.05, 0) is 24.6 Å². The van der Waals surface area contributed by atoms with Crippen molar-refractivity contribution >= 4 is 5.97 Å². The van der Waals surface area contributed by atoms with Crippen LogP contribution in [0.25, 0.3) is 0 Å². The smallest absolute Gasteiger partial charge is 0.416 e. The number of benzene rings is 1. The molecule has 2 N–H and O–H groups in total. The van der Waals surface area contributed by atoms with Gasteiger partial charge < -0.3 is 10.5 Å². The number of ether oxygens (including phenoxy) is 1. The van der Waals surface area contributed by atoms with Crippen LogP contribution in [0.1, 0.15) is 24.1 Å². The van der Waals surface area contributed by atoms with Gasteiger partial charge in [0.25, 0.3) is 0 Å². The molecule has 112 valence electrons. The molecule has 0 aliphatic carbocycles. The van der Waals surface area contributed by atoms with Crippen molar-refractivity contribution in [1.82, 2.24) is 0 Å². The van der Waals surface area contributed by atoms with Crippen LogP contribution in [0.15, 0.2) is 18.2 Å². The second-order valence-electron chi connectivity index (χ2n) is 3.91. The SMILES string of the molecule is CCOC(=O)C(F)[C@H](N)c1ccc(F)cc1C(F)(F)F. The zero-order chi connectivity index (χ0) is 15.5. The highest BCUT2D eigenvalue weighted by Gasteiger charge is 2.38. The maximum Gasteiger partial charge on any atom is 0.416 e. The Bertz CT molecular complexity index is 489. The van der Waals surface area contributed by atoms with Crippen molar-refractivity contribution in [1.29, 1.82) is 0 Å². The lowest BCUT2D eigenvalue weighted by Gasteiger charge is -2.20. The van der Waals surface area contributed by atoms with E-state index in [1.807, 2.05) is 0 Å². The number of halogens is 5. The van der Waals surface area contributed by atoms with E-state index in [1.54, 1.807) is 0 Å². The third-order valence-corrected chi connectivity index (χ3v) is 2.51. The van der Waals surface area contributed by atoms with E-state index in [0.29, 0.717) is 12.1 Å². The highest BCUT2D eigenvalue weighted by atomic mass is 19.4. The highest BCUT2D eigenvalue weighted by molar-refractivity contribution is 5.75. The molecule has 1 aromatic rings. The summed E-state index contributed by atoms with van der Waals surface area (Å²) in [6.07, 6.45) is -7.38. The minimum absolute atomic E-state index is 0.137. The van der Waals surface area contributed by atoms with Gasteiger partial charge in [0.1, 0.15) is 5.82 Å². The minimum Gasteiger partial charge on any atom is -0.464 e. The number of rotatable bonds is 4. The monoisotopic (exact) mass is 297 g/mol. The first-order valence-corrected chi connectivity index (χ1v) is 5.61. The lowest BCUT2D eigenvalue weighted by Crippen LogP contribution is -2.33. The predicted molar refractivity (Wildman–Crippen MR) is 59.9 cm³/mol. The Morgan fingerprint density at radius 2 is 2.00 bits per heavy atom. The van der Waals surface area contributed by atoms with E-state index in [9.17, 15) is 26.7 Å². The Labute approximate surface area is 111 Å². The summed E-state index contributed by atoms with van der Waals surface area (Å²) in [5, 5.41) is 0. The van der Waals surface area contributed by atoms with Crippen molar-refractivity contribution in [3.05, 3.63) is 35.1 Å². The number of esters is 1. The van der Waals surface area contributed by atoms with Crippen LogP contribution in [0.2, 0.25) is 0 Å². The van der Waals surface area contributed by atoms with E-state index >= 15 is 0 Å². The van der Waals surface area contributed by atoms with Gasteiger partial charge in [-0.25, -0.2) is 13.6 Å². The van der Waals surface area contributed by atoms with Gasteiger partial charge in [0.15, 0.2) is 0 Å². The molecule has 0 bridgehead atoms. The van der Waals surface area contributed by atoms with Gasteiger partial charge in [0.05, 0.1) is 18.2 Å². The zero-order valence-electron chi connectivity index (χ0n) is 10.4. The summed E-state index contributed by atoms with van der Waals surface area (Å²) in [7, 11) is 0. The third kappa shape index (κ3) is 3.66. The maximum absolute atomic E-state index is 13.7. The summed E-state index contributed by atoms with van der Waals surface area (Å²) in [6.45, 7) is 1.27. The Kier molecular flexibility index (Phi) is 5.04. The predicted octanol–water partition coefficient (Wildman–Crippen LogP) is 2.75. The molecule has 0 fully saturated rings. The molecule has 0 aliphatic rings. The molecule has 0 spiro atoms. The van der Waals surface area contributed by atoms with E-state index in [4.69, 9.17) is 5.73 Å². The molecule has 3 nitrogen and oxygen atoms in total. The molecular weight excluding hydrogens is 285 g/mol. The number of carbonyl (C=O) groups excluding carboxylic acids is 1. The van der Waals surface area contributed by atoms with Crippen molar-refractivity contribution in [3.63, 3.8) is 0 Å². The van der Waals surface area contributed by atoms with E-state index in [0.717, 1.165) is 0 Å². The number of hydrogen-bond acceptors (Lipinski definition) is 3. The van der Waals surface area contributed by atoms with Crippen molar-refractivity contribution in [2.45, 2.75) is 25.3 Å². The van der Waals surface area contributed by atoms with Crippen molar-refractivity contribution in [2.24, 2.45) is 5.73 Å². The molecule has 1 aromatic carbocycles. The highest BCUT2D eigenvalue weighted by Crippen LogP contribution is 2.35. The quantitative estimate of drug-likeness (QED) is 0.687. The van der Waals surface area contributed by atoms with Crippen molar-refractivity contribution in [2.75, 3.05) is 6.61 Å². The molecule has 0 heterocycles. The number of hydrogen-bond donors (Lipinski definition) is 1. The van der Waals surface area contributed by atoms with E-state index in [1.165, 1.54) is 6.92 Å². The summed E-state index contributed by atoms with van der Waals surface area (Å²) >= 11 is 0. The summed E-state index contributed by atoms with van der Waals surface area (Å²) in [6, 6.07) is -0.282. The van der Waals surface area contributed by atoms with Crippen LogP contribution in [0, 0.1) is 5.82 Å². The van der Waals surface area contributed by atoms with Gasteiger partial charge >= 0.3 is 12.1 Å². The van der Waals surface area contributed by atoms with Gasteiger partial charge in [-0.3, -0.25) is 0 Å². The number of nitrogens with two attached hydrogens (primary N) is 1. The molecule has 20 heavy (non-hydrogen) atoms. The standard InChI is InChI=1S/C12H12F5NO2/c1-2-20-11(19)9(14)10(18)7-4-3-6(13)5-8(7)12(15,16)17/h3-5,9-10H,2,18H2,1H3/t9?,10-/m1/s1. The zero-order valence-corrected chi connectivity index (χ0v) is 10.4. The molecule has 0 aromatic heterocycles. The Hall–Kier alpha value is -1.70. The number of carbonyl (C=O) groups is 1. The fourth-order valence-electron chi connectivity index (χ4n) is 1.59. The average Bonchev–Trinajstić information content (AvgIpc) is 2.36. The molecular formula is C12H12F5NO2. The Balaban J connectivity index is 3.16. The second-order valence-corrected chi connectivity index (χ2v) is 3.91. The van der Waals surface area contributed by atoms with Crippen LogP contribution < -0.4 is 5.73 Å². The van der Waals surface area contributed by atoms with E-state index in [2.05, 4.69) is 4.74 Å². The average molecular weight is 297 g/mol. The summed E-state index contributed by atoms with van der Waals surface area (Å²) in [4.78, 5) is 11.2. The van der Waals surface area contributed by atoms with Crippen LogP contribution >= 0.6 is 0 Å². The molecule has 0 saturated carbocycles. The van der Waals surface area contributed by atoms with E-state index in [-0.39, 0.29) is 12.7 Å². The van der Waals surface area contributed by atoms with E-state index < -0.39 is 41.3 Å². The van der Waals surface area contributed by atoms with Gasteiger partial charge in [-0.15, -0.1) is 0 Å². The summed E-state index contributed by atoms with van der Waals surface area (Å²) < 4.78 is 69.1. The fourth-order valence-corrected chi connectivity index (χ4v) is 1.59. The first-order chi connectivity index (χ1) is 9.18. The molecule has 0 aliphatic heterocycles. The maximum atomic E-state index is 13.7. The lowest BCUT2D eigenvalue weighted by atomic mass is 9.97. The molecule has 2 atom stereocenters. The first kappa shape index (κ1) is 16.4. The van der Waals surface area contributed by atoms with Crippen LogP contribution in [0.5, 0.6) is 0 Å². The second kappa shape index (κ2) is 6.17. The van der Waals surface area contributed by atoms with Gasteiger partial charge in [-0.2, -0.15) is 13.2 Å². The molecule has 0 saturated heterocycles. The van der Waals surface area contributed by atoms with Crippen LogP contribution in [0.3, 0.4) is 0 Å². The molecule has 0 amide bonds. The van der Waals surface area contributed by atoms with Crippen LogP contribution in [-0.4, -0.2) is 18.7 Å². The normalized spacial score (nSPS) is 14.8. The van der Waals surface area contributed by atoms with Crippen LogP contribution in [-0.2, 0) is 15.7 Å². The minimum atomic E-state index is -4.91. The lowest BCUT2D eigenvalue weighted by molar-refractivity contribution is -0.150. The molecule has 8 heteroatoms. The van der Waals surface area contributed by atoms with Gasteiger partial charge in [0, 0.05) is 0 Å². The largest absolute Gasteiger partial charge is 0.464 e. The molecule has 0 radical (unpaired) electrons. The van der Waals surface area contributed by atoms with Gasteiger partial charge in [0.2, 0.25) is 6.17 Å². The number of alkyl halides is 4. The Morgan fingerprint density at radius 3 is 2.50 bits per heavy atom. The van der Waals surface area contributed by atoms with Gasteiger partial charge in [-0.1, -0.05) is 6.07 Å². The van der Waals surface area contributed by atoms with Crippen molar-refractivity contribution in [3.8, 4) is 0 Å². The topological polar surface area (TPSA) is 52.3 Å². The molecule has 1 rings (SSSR count). The first-order valence-electron chi connectivity index (χ1n) is 5.61. The summed E-state index contributed by atoms with van der Waals surface area (Å²) in [5.74, 6) is -2.50. The fraction of sp³-hybridized carbons (Fsp3) is 0.417. The molecule has 1 unspecified atom stereocenters. The van der Waals surface area contributed by atoms with Crippen LogP contribution in [0.4, 0.5) is 22.0 Å². The van der Waals surface area contributed by atoms with Crippen molar-refractivity contribution < 1.29 is 31.5 Å². The third-order valence-electron chi connectivity index (χ3n) is 2.51. The Morgan fingerprint density at radius 1 is 1.40 bits per heavy atom. The summed E-state index contributed by atoms with van der Waals surface area (Å²) in [5.41, 5.74) is 3.19.